The third kappa shape index (κ3) is 23.3. The van der Waals surface area contributed by atoms with Crippen LogP contribution in [0, 0.1) is 13.8 Å². The topological polar surface area (TPSA) is 76.1 Å². The Hall–Kier alpha value is -2.70. The summed E-state index contributed by atoms with van der Waals surface area (Å²) in [7, 11) is 4.09. The minimum atomic E-state index is -0.926. The summed E-state index contributed by atoms with van der Waals surface area (Å²) >= 11 is 0. The van der Waals surface area contributed by atoms with Crippen LogP contribution in [0.2, 0.25) is 0 Å². The quantitative estimate of drug-likeness (QED) is 0.0593. The molecule has 2 rings (SSSR count). The number of aliphatic hydroxyl groups is 1. The van der Waals surface area contributed by atoms with Crippen LogP contribution < -0.4 is 0 Å². The van der Waals surface area contributed by atoms with Gasteiger partial charge in [0.15, 0.2) is 0 Å². The average molecular weight is 750 g/mol. The fraction of sp³-hybridized carbons (Fsp3) is 0.708. The lowest BCUT2D eigenvalue weighted by atomic mass is 9.86. The van der Waals surface area contributed by atoms with Gasteiger partial charge in [-0.25, -0.2) is 0 Å². The molecule has 306 valence electrons. The molecule has 1 unspecified atom stereocenters. The second-order valence-electron chi connectivity index (χ2n) is 16.5. The smallest absolute Gasteiger partial charge is 0.306 e. The van der Waals surface area contributed by atoms with E-state index in [9.17, 15) is 14.7 Å². The summed E-state index contributed by atoms with van der Waals surface area (Å²) < 4.78 is 12.2. The number of rotatable bonds is 32. The SMILES string of the molecule is CCCCCCCC(CCCCCCC)OC(=O)CCCC(O)(CCCC(=O)OC(CCc1ccc(C)cc1)CCc1ccc(C)cc1)CCCN(C)C. The molecule has 2 aromatic rings. The van der Waals surface area contributed by atoms with E-state index >= 15 is 0 Å². The number of carbonyl (C=O) groups excluding carboxylic acids is 2. The Bertz CT molecular complexity index is 1180. The fourth-order valence-corrected chi connectivity index (χ4v) is 7.35. The van der Waals surface area contributed by atoms with Crippen molar-refractivity contribution in [2.24, 2.45) is 0 Å². The summed E-state index contributed by atoms with van der Waals surface area (Å²) in [5, 5.41) is 11.8. The minimum absolute atomic E-state index is 0.00310. The predicted molar refractivity (Wildman–Crippen MR) is 226 cm³/mol. The van der Waals surface area contributed by atoms with Crippen molar-refractivity contribution in [2.75, 3.05) is 20.6 Å². The van der Waals surface area contributed by atoms with Gasteiger partial charge in [-0.05, 0) is 136 Å². The average Bonchev–Trinajstić information content (AvgIpc) is 3.13. The van der Waals surface area contributed by atoms with Crippen LogP contribution in [0.5, 0.6) is 0 Å². The van der Waals surface area contributed by atoms with E-state index in [0.717, 1.165) is 64.3 Å². The van der Waals surface area contributed by atoms with Crippen LogP contribution in [0.3, 0.4) is 0 Å². The summed E-state index contributed by atoms with van der Waals surface area (Å²) in [5.41, 5.74) is 4.06. The molecule has 0 saturated carbocycles. The molecule has 0 saturated heterocycles. The Labute approximate surface area is 331 Å². The third-order valence-corrected chi connectivity index (χ3v) is 10.9. The van der Waals surface area contributed by atoms with Crippen LogP contribution >= 0.6 is 0 Å². The zero-order valence-corrected chi connectivity index (χ0v) is 35.5. The first-order valence-corrected chi connectivity index (χ1v) is 21.9. The van der Waals surface area contributed by atoms with Crippen LogP contribution in [0.4, 0.5) is 0 Å². The Kier molecular flexibility index (Phi) is 25.2. The fourth-order valence-electron chi connectivity index (χ4n) is 7.35. The highest BCUT2D eigenvalue weighted by Gasteiger charge is 2.27. The largest absolute Gasteiger partial charge is 0.462 e. The van der Waals surface area contributed by atoms with Gasteiger partial charge in [0.2, 0.25) is 0 Å². The normalized spacial score (nSPS) is 12.8. The molecule has 0 aromatic heterocycles. The maximum absolute atomic E-state index is 13.2. The van der Waals surface area contributed by atoms with Crippen molar-refractivity contribution in [3.63, 3.8) is 0 Å². The second-order valence-corrected chi connectivity index (χ2v) is 16.5. The van der Waals surface area contributed by atoms with Gasteiger partial charge in [-0.3, -0.25) is 9.59 Å². The molecule has 0 spiro atoms. The maximum atomic E-state index is 13.2. The highest BCUT2D eigenvalue weighted by atomic mass is 16.5. The summed E-state index contributed by atoms with van der Waals surface area (Å²) in [4.78, 5) is 28.4. The maximum Gasteiger partial charge on any atom is 0.306 e. The van der Waals surface area contributed by atoms with Crippen molar-refractivity contribution in [1.82, 2.24) is 4.90 Å². The summed E-state index contributed by atoms with van der Waals surface area (Å²) in [5.74, 6) is -0.328. The number of unbranched alkanes of at least 4 members (excludes halogenated alkanes) is 8. The first-order valence-electron chi connectivity index (χ1n) is 21.9. The third-order valence-electron chi connectivity index (χ3n) is 10.9. The van der Waals surface area contributed by atoms with Crippen molar-refractivity contribution in [3.8, 4) is 0 Å². The Morgan fingerprint density at radius 2 is 0.963 bits per heavy atom. The Balaban J connectivity index is 1.92. The molecule has 0 fully saturated rings. The molecule has 1 N–H and O–H groups in total. The predicted octanol–water partition coefficient (Wildman–Crippen LogP) is 11.8. The van der Waals surface area contributed by atoms with Gasteiger partial charge in [0.05, 0.1) is 5.60 Å². The lowest BCUT2D eigenvalue weighted by molar-refractivity contribution is -0.150. The van der Waals surface area contributed by atoms with E-state index in [1.165, 1.54) is 73.6 Å². The molecule has 2 aromatic carbocycles. The number of hydrogen-bond acceptors (Lipinski definition) is 6. The standard InChI is InChI=1S/C48H79NO5/c1-7-9-11-13-15-20-44(21-16-14-12-10-8-2)53-46(50)22-17-36-48(52,38-19-39-49(5)6)37-18-23-47(51)54-45(34-32-42-28-24-40(3)25-29-42)35-33-43-30-26-41(4)27-31-43/h24-31,44-45,52H,7-23,32-39H2,1-6H3. The summed E-state index contributed by atoms with van der Waals surface area (Å²) in [6, 6.07) is 17.2. The van der Waals surface area contributed by atoms with Crippen molar-refractivity contribution >= 4 is 11.9 Å². The lowest BCUT2D eigenvalue weighted by Gasteiger charge is -2.29. The highest BCUT2D eigenvalue weighted by molar-refractivity contribution is 5.70. The molecule has 0 aliphatic carbocycles. The number of aryl methyl sites for hydroxylation is 4. The molecular formula is C48H79NO5. The Morgan fingerprint density at radius 1 is 0.574 bits per heavy atom. The monoisotopic (exact) mass is 750 g/mol. The minimum Gasteiger partial charge on any atom is -0.462 e. The molecule has 6 nitrogen and oxygen atoms in total. The zero-order chi connectivity index (χ0) is 39.4. The van der Waals surface area contributed by atoms with Gasteiger partial charge in [-0.15, -0.1) is 0 Å². The van der Waals surface area contributed by atoms with Crippen molar-refractivity contribution < 1.29 is 24.2 Å². The molecule has 0 bridgehead atoms. The number of hydrogen-bond donors (Lipinski definition) is 1. The van der Waals surface area contributed by atoms with Crippen molar-refractivity contribution in [1.29, 1.82) is 0 Å². The molecule has 1 atom stereocenters. The molecule has 0 heterocycles. The van der Waals surface area contributed by atoms with Crippen LogP contribution in [0.1, 0.15) is 177 Å². The van der Waals surface area contributed by atoms with Crippen LogP contribution in [-0.2, 0) is 31.9 Å². The first-order chi connectivity index (χ1) is 26.0. The van der Waals surface area contributed by atoms with Gasteiger partial charge in [0.1, 0.15) is 12.2 Å². The van der Waals surface area contributed by atoms with Crippen LogP contribution in [-0.4, -0.2) is 60.4 Å². The van der Waals surface area contributed by atoms with Crippen LogP contribution in [0.25, 0.3) is 0 Å². The van der Waals surface area contributed by atoms with Gasteiger partial charge >= 0.3 is 11.9 Å². The van der Waals surface area contributed by atoms with Gasteiger partial charge < -0.3 is 19.5 Å². The highest BCUT2D eigenvalue weighted by Crippen LogP contribution is 2.28. The molecule has 0 amide bonds. The summed E-state index contributed by atoms with van der Waals surface area (Å²) in [6.07, 6.45) is 21.4. The van der Waals surface area contributed by atoms with Gasteiger partial charge in [0, 0.05) is 12.8 Å². The van der Waals surface area contributed by atoms with Crippen molar-refractivity contribution in [3.05, 3.63) is 70.8 Å². The zero-order valence-electron chi connectivity index (χ0n) is 35.5. The number of benzene rings is 2. The van der Waals surface area contributed by atoms with E-state index in [1.807, 2.05) is 14.1 Å². The van der Waals surface area contributed by atoms with E-state index in [4.69, 9.17) is 9.47 Å². The van der Waals surface area contributed by atoms with Gasteiger partial charge in [0.25, 0.3) is 0 Å². The second kappa shape index (κ2) is 28.7. The van der Waals surface area contributed by atoms with Gasteiger partial charge in [-0.2, -0.15) is 0 Å². The van der Waals surface area contributed by atoms with Crippen molar-refractivity contribution in [2.45, 2.75) is 200 Å². The van der Waals surface area contributed by atoms with E-state index in [2.05, 4.69) is 81.1 Å². The molecule has 0 aliphatic rings. The van der Waals surface area contributed by atoms with Crippen LogP contribution in [0.15, 0.2) is 48.5 Å². The summed E-state index contributed by atoms with van der Waals surface area (Å²) in [6.45, 7) is 9.54. The molecule has 0 radical (unpaired) electrons. The lowest BCUT2D eigenvalue weighted by Crippen LogP contribution is -2.31. The Morgan fingerprint density at radius 3 is 1.37 bits per heavy atom. The number of esters is 2. The molecular weight excluding hydrogens is 671 g/mol. The number of carbonyl (C=O) groups is 2. The molecule has 6 heteroatoms. The number of nitrogens with zero attached hydrogens (tertiary/aromatic N) is 1. The van der Waals surface area contributed by atoms with E-state index in [-0.39, 0.29) is 30.6 Å². The van der Waals surface area contributed by atoms with E-state index in [1.54, 1.807) is 0 Å². The van der Waals surface area contributed by atoms with E-state index < -0.39 is 5.60 Å². The molecule has 54 heavy (non-hydrogen) atoms. The van der Waals surface area contributed by atoms with Gasteiger partial charge in [-0.1, -0.05) is 125 Å². The van der Waals surface area contributed by atoms with E-state index in [0.29, 0.717) is 38.5 Å². The number of ether oxygens (including phenoxy) is 2. The molecule has 0 aliphatic heterocycles. The first kappa shape index (κ1) is 47.5.